The van der Waals surface area contributed by atoms with E-state index in [1.54, 1.807) is 5.37 Å². The van der Waals surface area contributed by atoms with Gasteiger partial charge in [0.05, 0.1) is 20.9 Å². The number of carbonyl (C=O) groups excluding carboxylic acids is 1. The van der Waals surface area contributed by atoms with Crippen molar-refractivity contribution >= 4 is 36.9 Å². The number of nitrogens with one attached hydrogen (secondary N) is 2. The lowest BCUT2D eigenvalue weighted by Crippen LogP contribution is -2.33. The van der Waals surface area contributed by atoms with Crippen LogP contribution >= 0.6 is 0 Å². The van der Waals surface area contributed by atoms with E-state index in [9.17, 15) is 17.4 Å². The van der Waals surface area contributed by atoms with E-state index < -0.39 is 25.8 Å². The molecule has 2 rings (SSSR count). The quantitative estimate of drug-likeness (QED) is 0.478. The Morgan fingerprint density at radius 1 is 1.00 bits per heavy atom. The summed E-state index contributed by atoms with van der Waals surface area (Å²) in [5.74, 6) is 0. The van der Waals surface area contributed by atoms with E-state index in [0.717, 1.165) is 24.9 Å². The van der Waals surface area contributed by atoms with Gasteiger partial charge in [-0.25, -0.2) is 22.1 Å². The van der Waals surface area contributed by atoms with Gasteiger partial charge in [0.25, 0.3) is 0 Å². The highest BCUT2D eigenvalue weighted by atomic mass is 32.2. The molecule has 0 spiro atoms. The van der Waals surface area contributed by atoms with Gasteiger partial charge in [0.2, 0.25) is 10.0 Å². The molecule has 0 bridgehead atoms. The van der Waals surface area contributed by atoms with Crippen LogP contribution in [-0.4, -0.2) is 54.9 Å². The van der Waals surface area contributed by atoms with Crippen molar-refractivity contribution in [3.8, 4) is 0 Å². The van der Waals surface area contributed by atoms with Crippen molar-refractivity contribution in [3.05, 3.63) is 60.2 Å². The number of amides is 1. The standard InChI is InChI=1S/C22H31N3O5S2/c1-4-25(5-2)16-9-17-32(29,21-14-12-20(13-15-21)23-31(3,27)28)24-22(26)30-18-19-10-7-6-8-11-19/h6-8,10-15,17,23H,4-5,9,16,18H2,1-3H3,(H,24,26,29). The molecule has 1 unspecified atom stereocenters. The first-order chi connectivity index (χ1) is 15.1. The Kier molecular flexibility index (Phi) is 9.55. The Bertz CT molecular complexity index is 1090. The molecule has 0 aromatic heterocycles. The first-order valence-electron chi connectivity index (χ1n) is 10.3. The smallest absolute Gasteiger partial charge is 0.419 e. The molecule has 2 N–H and O–H groups in total. The van der Waals surface area contributed by atoms with Gasteiger partial charge in [-0.2, -0.15) is 0 Å². The third-order valence-corrected chi connectivity index (χ3v) is 7.40. The average molecular weight is 482 g/mol. The van der Waals surface area contributed by atoms with Crippen molar-refractivity contribution in [2.75, 3.05) is 30.6 Å². The van der Waals surface area contributed by atoms with E-state index in [2.05, 4.69) is 14.3 Å². The monoisotopic (exact) mass is 481 g/mol. The number of hydrogen-bond acceptors (Lipinski definition) is 6. The summed E-state index contributed by atoms with van der Waals surface area (Å²) in [7, 11) is -6.53. The third kappa shape index (κ3) is 8.52. The lowest BCUT2D eigenvalue weighted by atomic mass is 10.2. The number of benzene rings is 2. The third-order valence-electron chi connectivity index (χ3n) is 4.65. The minimum atomic E-state index is -3.43. The van der Waals surface area contributed by atoms with Gasteiger partial charge in [-0.05, 0) is 54.7 Å². The number of nitrogens with zero attached hydrogens (tertiary/aromatic N) is 1. The zero-order chi connectivity index (χ0) is 23.6. The number of ether oxygens (including phenoxy) is 1. The molecule has 1 amide bonds. The molecule has 32 heavy (non-hydrogen) atoms. The fourth-order valence-corrected chi connectivity index (χ4v) is 5.20. The predicted octanol–water partition coefficient (Wildman–Crippen LogP) is 3.08. The maximum absolute atomic E-state index is 13.7. The van der Waals surface area contributed by atoms with Crippen molar-refractivity contribution in [3.63, 3.8) is 0 Å². The second-order valence-electron chi connectivity index (χ2n) is 7.15. The van der Waals surface area contributed by atoms with Gasteiger partial charge in [0, 0.05) is 12.2 Å². The van der Waals surface area contributed by atoms with Gasteiger partial charge >= 0.3 is 6.09 Å². The highest BCUT2D eigenvalue weighted by molar-refractivity contribution is 8.00. The summed E-state index contributed by atoms with van der Waals surface area (Å²) < 4.78 is 46.7. The fraction of sp³-hybridized carbons (Fsp3) is 0.364. The zero-order valence-corrected chi connectivity index (χ0v) is 20.2. The van der Waals surface area contributed by atoms with E-state index in [1.165, 1.54) is 24.3 Å². The number of hydrogen-bond donors (Lipinski definition) is 2. The maximum Gasteiger partial charge on any atom is 0.419 e. The molecule has 0 saturated carbocycles. The summed E-state index contributed by atoms with van der Waals surface area (Å²) in [6.45, 7) is 6.58. The molecule has 2 aromatic carbocycles. The van der Waals surface area contributed by atoms with Crippen LogP contribution in [0.1, 0.15) is 25.8 Å². The predicted molar refractivity (Wildman–Crippen MR) is 130 cm³/mol. The highest BCUT2D eigenvalue weighted by Gasteiger charge is 2.16. The molecule has 176 valence electrons. The fourth-order valence-electron chi connectivity index (χ4n) is 2.95. The van der Waals surface area contributed by atoms with Crippen LogP contribution in [0.15, 0.2) is 59.5 Å². The minimum Gasteiger partial charge on any atom is -0.444 e. The topological polar surface area (TPSA) is 105 Å². The summed E-state index contributed by atoms with van der Waals surface area (Å²) in [4.78, 5) is 15.0. The van der Waals surface area contributed by atoms with Crippen LogP contribution in [0.5, 0.6) is 0 Å². The number of carbonyl (C=O) groups is 1. The number of rotatable bonds is 11. The second kappa shape index (κ2) is 11.9. The molecule has 0 heterocycles. The van der Waals surface area contributed by atoms with Gasteiger partial charge < -0.3 is 9.64 Å². The summed E-state index contributed by atoms with van der Waals surface area (Å²) in [6, 6.07) is 15.3. The molecule has 0 saturated heterocycles. The molecular weight excluding hydrogens is 450 g/mol. The van der Waals surface area contributed by atoms with Gasteiger partial charge in [0.15, 0.2) is 0 Å². The average Bonchev–Trinajstić information content (AvgIpc) is 2.75. The van der Waals surface area contributed by atoms with Crippen molar-refractivity contribution in [2.45, 2.75) is 31.8 Å². The van der Waals surface area contributed by atoms with E-state index in [0.29, 0.717) is 23.5 Å². The molecule has 8 nitrogen and oxygen atoms in total. The van der Waals surface area contributed by atoms with E-state index in [1.807, 2.05) is 44.2 Å². The molecule has 2 aromatic rings. The first-order valence-corrected chi connectivity index (χ1v) is 13.8. The largest absolute Gasteiger partial charge is 0.444 e. The number of sulfonamides is 1. The molecule has 0 fully saturated rings. The van der Waals surface area contributed by atoms with Crippen LogP contribution in [0.25, 0.3) is 0 Å². The van der Waals surface area contributed by atoms with Crippen LogP contribution in [-0.2, 0) is 31.1 Å². The molecule has 0 aliphatic heterocycles. The molecule has 0 radical (unpaired) electrons. The summed E-state index contributed by atoms with van der Waals surface area (Å²) in [6.07, 6.45) is 0.745. The molecule has 1 atom stereocenters. The van der Waals surface area contributed by atoms with Crippen LogP contribution in [0.4, 0.5) is 10.5 Å². The van der Waals surface area contributed by atoms with Gasteiger partial charge in [-0.15, -0.1) is 0 Å². The molecule has 0 aliphatic rings. The highest BCUT2D eigenvalue weighted by Crippen LogP contribution is 2.16. The van der Waals surface area contributed by atoms with E-state index in [4.69, 9.17) is 4.74 Å². The second-order valence-corrected chi connectivity index (χ2v) is 11.1. The van der Waals surface area contributed by atoms with Crippen molar-refractivity contribution in [1.29, 1.82) is 0 Å². The Morgan fingerprint density at radius 3 is 2.19 bits per heavy atom. The Morgan fingerprint density at radius 2 is 1.62 bits per heavy atom. The van der Waals surface area contributed by atoms with Crippen LogP contribution in [0.2, 0.25) is 0 Å². The molecule has 10 heteroatoms. The normalized spacial score (nSPS) is 13.2. The van der Waals surface area contributed by atoms with E-state index in [-0.39, 0.29) is 6.61 Å². The van der Waals surface area contributed by atoms with Crippen LogP contribution in [0, 0.1) is 0 Å². The Balaban J connectivity index is 2.22. The van der Waals surface area contributed by atoms with Gasteiger partial charge in [-0.1, -0.05) is 44.2 Å². The van der Waals surface area contributed by atoms with Crippen molar-refractivity contribution in [1.82, 2.24) is 9.62 Å². The van der Waals surface area contributed by atoms with Gasteiger partial charge in [0.1, 0.15) is 6.61 Å². The van der Waals surface area contributed by atoms with Crippen molar-refractivity contribution in [2.24, 2.45) is 0 Å². The SMILES string of the molecule is CCN(CC)CCC=S(=O)(NC(=O)OCc1ccccc1)c1ccc(NS(C)(=O)=O)cc1. The van der Waals surface area contributed by atoms with E-state index >= 15 is 0 Å². The van der Waals surface area contributed by atoms with Crippen LogP contribution in [0.3, 0.4) is 0 Å². The summed E-state index contributed by atoms with van der Waals surface area (Å²) >= 11 is 0. The minimum absolute atomic E-state index is 0.0544. The lowest BCUT2D eigenvalue weighted by Gasteiger charge is -2.18. The van der Waals surface area contributed by atoms with Crippen molar-refractivity contribution < 1.29 is 22.2 Å². The van der Waals surface area contributed by atoms with Gasteiger partial charge in [-0.3, -0.25) is 4.72 Å². The number of anilines is 1. The summed E-state index contributed by atoms with van der Waals surface area (Å²) in [5.41, 5.74) is 1.16. The summed E-state index contributed by atoms with van der Waals surface area (Å²) in [5, 5.41) is 1.59. The van der Waals surface area contributed by atoms with Crippen LogP contribution < -0.4 is 9.44 Å². The molecular formula is C22H31N3O5S2. The Labute approximate surface area is 191 Å². The zero-order valence-electron chi connectivity index (χ0n) is 18.6. The molecule has 0 aliphatic carbocycles. The first kappa shape index (κ1) is 25.7. The maximum atomic E-state index is 13.7. The lowest BCUT2D eigenvalue weighted by molar-refractivity contribution is 0.146. The Hall–Kier alpha value is -2.56.